The van der Waals surface area contributed by atoms with Gasteiger partial charge in [-0.25, -0.2) is 14.4 Å². The molecule has 1 atom stereocenters. The van der Waals surface area contributed by atoms with E-state index in [1.165, 1.54) is 0 Å². The number of anilines is 2. The van der Waals surface area contributed by atoms with Crippen LogP contribution >= 0.6 is 23.2 Å². The fraction of sp³-hybridized carbons (Fsp3) is 0.439. The third-order valence-corrected chi connectivity index (χ3v) is 12.1. The van der Waals surface area contributed by atoms with Gasteiger partial charge in [0.15, 0.2) is 11.6 Å². The number of halogens is 4. The standard InChI is InChI=1S/C41H46Cl2F2N8O3/c1-26(54)52-18-11-29(12-19-52)48-22-27-9-16-47-39(37(27)45)49-33-5-3-4-31(35(33)42)38-36(43)30(10-17-46-38)32-7-6-28(40(50-32)56-2)23-51-20-13-41(24-51)14-21-53(25-41)34(55)8-15-44/h3-7,9-10,16-17,29,48H,8,11-15,18-25H2,1-2H3,(H,47,49)/t41-/m0/s1. The van der Waals surface area contributed by atoms with Crippen molar-refractivity contribution in [3.8, 4) is 28.4 Å². The summed E-state index contributed by atoms with van der Waals surface area (Å²) in [6, 6.07) is 12.8. The molecule has 15 heteroatoms. The molecule has 3 aliphatic heterocycles. The maximum atomic E-state index is 15.7. The molecule has 0 aliphatic carbocycles. The Labute approximate surface area is 335 Å². The van der Waals surface area contributed by atoms with Crippen LogP contribution in [0.1, 0.15) is 50.2 Å². The minimum atomic E-state index is -0.622. The molecule has 1 aromatic carbocycles. The molecular weight excluding hydrogens is 761 g/mol. The van der Waals surface area contributed by atoms with Crippen molar-refractivity contribution in [2.75, 3.05) is 58.4 Å². The number of likely N-dealkylation sites (tertiary alicyclic amines) is 3. The number of hydrogen-bond acceptors (Lipinski definition) is 9. The Kier molecular flexibility index (Phi) is 12.3. The monoisotopic (exact) mass is 806 g/mol. The molecule has 56 heavy (non-hydrogen) atoms. The molecule has 7 rings (SSSR count). The molecule has 0 radical (unpaired) electrons. The van der Waals surface area contributed by atoms with E-state index in [4.69, 9.17) is 32.9 Å². The van der Waals surface area contributed by atoms with Gasteiger partial charge in [-0.15, -0.1) is 0 Å². The number of carbonyl (C=O) groups excluding carboxylic acids is 2. The minimum absolute atomic E-state index is 0.0325. The first-order valence-electron chi connectivity index (χ1n) is 19.0. The van der Waals surface area contributed by atoms with E-state index in [9.17, 15) is 14.0 Å². The van der Waals surface area contributed by atoms with Gasteiger partial charge in [-0.3, -0.25) is 23.9 Å². The summed E-state index contributed by atoms with van der Waals surface area (Å²) in [5.74, 6) is 0.00799. The van der Waals surface area contributed by atoms with Crippen LogP contribution in [0.25, 0.3) is 22.5 Å². The predicted molar refractivity (Wildman–Crippen MR) is 213 cm³/mol. The number of amides is 2. The number of piperidine rings is 1. The van der Waals surface area contributed by atoms with Crippen molar-refractivity contribution in [2.24, 2.45) is 5.41 Å². The van der Waals surface area contributed by atoms with Crippen LogP contribution in [0, 0.1) is 11.2 Å². The lowest BCUT2D eigenvalue weighted by Gasteiger charge is -2.31. The summed E-state index contributed by atoms with van der Waals surface area (Å²) < 4.78 is 34.3. The third kappa shape index (κ3) is 8.61. The lowest BCUT2D eigenvalue weighted by atomic mass is 9.86. The molecule has 3 aromatic heterocycles. The number of benzene rings is 1. The quantitative estimate of drug-likeness (QED) is 0.152. The highest BCUT2D eigenvalue weighted by Crippen LogP contribution is 2.43. The molecular formula is C41H46Cl2F2N8O3. The molecule has 11 nitrogen and oxygen atoms in total. The number of carbonyl (C=O) groups is 2. The number of hydrogen-bond donors (Lipinski definition) is 2. The number of pyridine rings is 3. The zero-order valence-electron chi connectivity index (χ0n) is 31.6. The van der Waals surface area contributed by atoms with Crippen molar-refractivity contribution in [1.82, 2.24) is 35.0 Å². The first-order chi connectivity index (χ1) is 27.1. The molecule has 2 amide bonds. The molecule has 3 aliphatic rings. The SMILES string of the molecule is COc1nc(-c2ccnc(-c3cccc(Nc4nccc(CNC5CCN(C(C)=O)CC5)c4F)c3Cl)c2Cl)ccc1CN1CC[C@]2(CCN(C(=O)CCF)C2)C1. The fourth-order valence-corrected chi connectivity index (χ4v) is 8.74. The van der Waals surface area contributed by atoms with Gasteiger partial charge in [0, 0.05) is 98.8 Å². The summed E-state index contributed by atoms with van der Waals surface area (Å²) in [4.78, 5) is 43.7. The van der Waals surface area contributed by atoms with Crippen molar-refractivity contribution in [2.45, 2.75) is 58.2 Å². The largest absolute Gasteiger partial charge is 0.481 e. The van der Waals surface area contributed by atoms with Crippen LogP contribution in [0.3, 0.4) is 0 Å². The van der Waals surface area contributed by atoms with Gasteiger partial charge in [0.1, 0.15) is 0 Å². The molecule has 2 N–H and O–H groups in total. The Balaban J connectivity index is 1.04. The Hall–Kier alpha value is -4.43. The van der Waals surface area contributed by atoms with E-state index in [-0.39, 0.29) is 35.5 Å². The second kappa shape index (κ2) is 17.4. The fourth-order valence-electron chi connectivity index (χ4n) is 8.17. The number of nitrogens with zero attached hydrogens (tertiary/aromatic N) is 6. The Morgan fingerprint density at radius 3 is 2.48 bits per heavy atom. The smallest absolute Gasteiger partial charge is 0.225 e. The third-order valence-electron chi connectivity index (χ3n) is 11.3. The average Bonchev–Trinajstić information content (AvgIpc) is 3.81. The van der Waals surface area contributed by atoms with Crippen LogP contribution in [0.5, 0.6) is 5.88 Å². The van der Waals surface area contributed by atoms with E-state index in [0.29, 0.717) is 89.0 Å². The highest BCUT2D eigenvalue weighted by Gasteiger charge is 2.44. The minimum Gasteiger partial charge on any atom is -0.481 e. The molecule has 0 saturated carbocycles. The van der Waals surface area contributed by atoms with E-state index >= 15 is 4.39 Å². The van der Waals surface area contributed by atoms with Gasteiger partial charge in [-0.1, -0.05) is 41.4 Å². The van der Waals surface area contributed by atoms with Crippen molar-refractivity contribution < 1.29 is 23.1 Å². The van der Waals surface area contributed by atoms with Crippen LogP contribution in [0.15, 0.2) is 54.9 Å². The molecule has 4 aromatic rings. The highest BCUT2D eigenvalue weighted by molar-refractivity contribution is 6.39. The van der Waals surface area contributed by atoms with E-state index in [0.717, 1.165) is 44.3 Å². The van der Waals surface area contributed by atoms with E-state index in [2.05, 4.69) is 25.5 Å². The Morgan fingerprint density at radius 2 is 1.71 bits per heavy atom. The van der Waals surface area contributed by atoms with Crippen molar-refractivity contribution in [1.29, 1.82) is 0 Å². The van der Waals surface area contributed by atoms with Gasteiger partial charge in [0.25, 0.3) is 0 Å². The summed E-state index contributed by atoms with van der Waals surface area (Å²) >= 11 is 14.0. The van der Waals surface area contributed by atoms with Gasteiger partial charge in [-0.2, -0.15) is 0 Å². The van der Waals surface area contributed by atoms with Crippen LogP contribution < -0.4 is 15.4 Å². The normalized spacial score (nSPS) is 18.9. The number of aromatic nitrogens is 3. The predicted octanol–water partition coefficient (Wildman–Crippen LogP) is 7.29. The van der Waals surface area contributed by atoms with E-state index in [1.54, 1.807) is 56.8 Å². The number of rotatable bonds is 12. The van der Waals surface area contributed by atoms with E-state index in [1.807, 2.05) is 21.9 Å². The van der Waals surface area contributed by atoms with Gasteiger partial charge in [-0.05, 0) is 56.5 Å². The average molecular weight is 808 g/mol. The summed E-state index contributed by atoms with van der Waals surface area (Å²) in [6.45, 7) is 6.37. The van der Waals surface area contributed by atoms with Crippen LogP contribution in [-0.2, 0) is 22.7 Å². The van der Waals surface area contributed by atoms with Gasteiger partial charge < -0.3 is 25.2 Å². The van der Waals surface area contributed by atoms with Gasteiger partial charge in [0.2, 0.25) is 17.7 Å². The summed E-state index contributed by atoms with van der Waals surface area (Å²) in [5, 5.41) is 7.13. The summed E-state index contributed by atoms with van der Waals surface area (Å²) in [6.07, 6.45) is 6.67. The maximum Gasteiger partial charge on any atom is 0.225 e. The molecule has 6 heterocycles. The number of alkyl halides is 1. The van der Waals surface area contributed by atoms with E-state index < -0.39 is 12.5 Å². The number of nitrogens with one attached hydrogen (secondary N) is 2. The topological polar surface area (TPSA) is 116 Å². The molecule has 0 bridgehead atoms. The van der Waals surface area contributed by atoms with Gasteiger partial charge >= 0.3 is 0 Å². The van der Waals surface area contributed by atoms with Crippen LogP contribution in [0.2, 0.25) is 10.0 Å². The van der Waals surface area contributed by atoms with Gasteiger partial charge in [0.05, 0.1) is 47.3 Å². The Morgan fingerprint density at radius 1 is 0.929 bits per heavy atom. The second-order valence-electron chi connectivity index (χ2n) is 14.9. The second-order valence-corrected chi connectivity index (χ2v) is 15.7. The lowest BCUT2D eigenvalue weighted by Crippen LogP contribution is -2.44. The highest BCUT2D eigenvalue weighted by atomic mass is 35.5. The number of ether oxygens (including phenoxy) is 1. The first-order valence-corrected chi connectivity index (χ1v) is 19.8. The van der Waals surface area contributed by atoms with Crippen molar-refractivity contribution in [3.05, 3.63) is 81.8 Å². The summed E-state index contributed by atoms with van der Waals surface area (Å²) in [5.41, 5.74) is 4.07. The van der Waals surface area contributed by atoms with Crippen LogP contribution in [-0.4, -0.2) is 101 Å². The zero-order valence-corrected chi connectivity index (χ0v) is 33.1. The van der Waals surface area contributed by atoms with Crippen LogP contribution in [0.4, 0.5) is 20.3 Å². The number of methoxy groups -OCH3 is 1. The summed E-state index contributed by atoms with van der Waals surface area (Å²) in [7, 11) is 1.59. The molecule has 296 valence electrons. The van der Waals surface area contributed by atoms with Crippen molar-refractivity contribution >= 4 is 46.5 Å². The van der Waals surface area contributed by atoms with Crippen molar-refractivity contribution in [3.63, 3.8) is 0 Å². The molecule has 1 spiro atoms. The Bertz CT molecular complexity index is 2080. The molecule has 3 saturated heterocycles. The first kappa shape index (κ1) is 39.8. The zero-order chi connectivity index (χ0) is 39.4. The molecule has 3 fully saturated rings. The lowest BCUT2D eigenvalue weighted by molar-refractivity contribution is -0.131. The molecule has 0 unspecified atom stereocenters. The maximum absolute atomic E-state index is 15.7.